The van der Waals surface area contributed by atoms with Gasteiger partial charge < -0.3 is 19.5 Å². The molecule has 2 aliphatic rings. The fraction of sp³-hybridized carbons (Fsp3) is 0.500. The third-order valence-corrected chi connectivity index (χ3v) is 6.76. The van der Waals surface area contributed by atoms with Crippen LogP contribution in [0.2, 0.25) is 0 Å². The third kappa shape index (κ3) is 6.66. The molecule has 0 spiro atoms. The van der Waals surface area contributed by atoms with E-state index < -0.39 is 17.3 Å². The first-order valence-corrected chi connectivity index (χ1v) is 11.9. The van der Waals surface area contributed by atoms with Crippen molar-refractivity contribution in [2.45, 2.75) is 37.6 Å². The van der Waals surface area contributed by atoms with Gasteiger partial charge in [0.15, 0.2) is 0 Å². The molecule has 35 heavy (non-hydrogen) atoms. The van der Waals surface area contributed by atoms with Gasteiger partial charge in [0.25, 0.3) is 0 Å². The van der Waals surface area contributed by atoms with Crippen molar-refractivity contribution in [3.05, 3.63) is 59.2 Å². The van der Waals surface area contributed by atoms with Crippen molar-refractivity contribution < 1.29 is 27.8 Å². The SMILES string of the molecule is N#Cc1ccc(N2CCC(O)(CCOc3ccc(CN4CCOCC4)cc3)CC2)cc1C(F)(F)F. The maximum Gasteiger partial charge on any atom is 0.417 e. The first-order valence-electron chi connectivity index (χ1n) is 11.9. The van der Waals surface area contributed by atoms with E-state index in [4.69, 9.17) is 14.7 Å². The molecule has 9 heteroatoms. The summed E-state index contributed by atoms with van der Waals surface area (Å²) in [5, 5.41) is 19.9. The van der Waals surface area contributed by atoms with E-state index >= 15 is 0 Å². The number of nitriles is 1. The molecule has 6 nitrogen and oxygen atoms in total. The number of morpholine rings is 1. The lowest BCUT2D eigenvalue weighted by Gasteiger charge is -2.39. The Hall–Kier alpha value is -2.80. The second-order valence-electron chi connectivity index (χ2n) is 9.18. The van der Waals surface area contributed by atoms with Gasteiger partial charge >= 0.3 is 6.18 Å². The van der Waals surface area contributed by atoms with Gasteiger partial charge in [-0.1, -0.05) is 12.1 Å². The molecule has 188 valence electrons. The Morgan fingerprint density at radius 1 is 1.03 bits per heavy atom. The largest absolute Gasteiger partial charge is 0.493 e. The minimum Gasteiger partial charge on any atom is -0.493 e. The van der Waals surface area contributed by atoms with Crippen LogP contribution in [0.25, 0.3) is 0 Å². The molecule has 2 aromatic rings. The lowest BCUT2D eigenvalue weighted by atomic mass is 9.88. The number of aliphatic hydroxyl groups is 1. The van der Waals surface area contributed by atoms with Crippen LogP contribution in [-0.2, 0) is 17.5 Å². The van der Waals surface area contributed by atoms with Gasteiger partial charge in [-0.15, -0.1) is 0 Å². The Bertz CT molecular complexity index is 1020. The highest BCUT2D eigenvalue weighted by molar-refractivity contribution is 5.55. The molecule has 0 saturated carbocycles. The van der Waals surface area contributed by atoms with E-state index in [2.05, 4.69) is 4.90 Å². The summed E-state index contributed by atoms with van der Waals surface area (Å²) in [6.45, 7) is 5.49. The van der Waals surface area contributed by atoms with E-state index in [9.17, 15) is 18.3 Å². The lowest BCUT2D eigenvalue weighted by molar-refractivity contribution is -0.137. The number of nitrogens with zero attached hydrogens (tertiary/aromatic N) is 3. The highest BCUT2D eigenvalue weighted by Gasteiger charge is 2.36. The van der Waals surface area contributed by atoms with E-state index in [0.29, 0.717) is 44.6 Å². The van der Waals surface area contributed by atoms with Gasteiger partial charge in [-0.25, -0.2) is 0 Å². The zero-order valence-electron chi connectivity index (χ0n) is 19.6. The van der Waals surface area contributed by atoms with Crippen molar-refractivity contribution in [1.29, 1.82) is 5.26 Å². The third-order valence-electron chi connectivity index (χ3n) is 6.76. The van der Waals surface area contributed by atoms with Crippen LogP contribution in [-0.4, -0.2) is 61.6 Å². The van der Waals surface area contributed by atoms with Crippen LogP contribution in [0, 0.1) is 11.3 Å². The van der Waals surface area contributed by atoms with Crippen molar-refractivity contribution in [3.63, 3.8) is 0 Å². The Morgan fingerprint density at radius 2 is 1.71 bits per heavy atom. The monoisotopic (exact) mass is 489 g/mol. The Balaban J connectivity index is 1.25. The van der Waals surface area contributed by atoms with Crippen molar-refractivity contribution in [3.8, 4) is 11.8 Å². The molecule has 4 rings (SSSR count). The van der Waals surface area contributed by atoms with Crippen LogP contribution < -0.4 is 9.64 Å². The average molecular weight is 490 g/mol. The number of anilines is 1. The molecule has 0 radical (unpaired) electrons. The lowest BCUT2D eigenvalue weighted by Crippen LogP contribution is -2.45. The second kappa shape index (κ2) is 10.9. The zero-order chi connectivity index (χ0) is 24.9. The quantitative estimate of drug-likeness (QED) is 0.629. The molecular formula is C26H30F3N3O3. The molecule has 0 aromatic heterocycles. The summed E-state index contributed by atoms with van der Waals surface area (Å²) in [7, 11) is 0. The molecule has 2 saturated heterocycles. The van der Waals surface area contributed by atoms with Crippen molar-refractivity contribution >= 4 is 5.69 Å². The number of piperidine rings is 1. The molecule has 2 aromatic carbocycles. The van der Waals surface area contributed by atoms with Crippen LogP contribution in [0.3, 0.4) is 0 Å². The first kappa shape index (κ1) is 25.3. The number of ether oxygens (including phenoxy) is 2. The van der Waals surface area contributed by atoms with Gasteiger partial charge in [-0.3, -0.25) is 4.90 Å². The maximum atomic E-state index is 13.3. The minimum atomic E-state index is -4.59. The molecule has 0 unspecified atom stereocenters. The van der Waals surface area contributed by atoms with Gasteiger partial charge in [-0.2, -0.15) is 18.4 Å². The molecule has 1 N–H and O–H groups in total. The van der Waals surface area contributed by atoms with Crippen LogP contribution in [0.15, 0.2) is 42.5 Å². The highest BCUT2D eigenvalue weighted by Crippen LogP contribution is 2.36. The fourth-order valence-corrected chi connectivity index (χ4v) is 4.56. The number of hydrogen-bond donors (Lipinski definition) is 1. The van der Waals surface area contributed by atoms with E-state index in [1.807, 2.05) is 29.2 Å². The second-order valence-corrected chi connectivity index (χ2v) is 9.18. The molecule has 0 aliphatic carbocycles. The molecule has 0 bridgehead atoms. The molecule has 2 fully saturated rings. The van der Waals surface area contributed by atoms with E-state index in [1.165, 1.54) is 17.7 Å². The molecule has 2 heterocycles. The number of alkyl halides is 3. The summed E-state index contributed by atoms with van der Waals surface area (Å²) >= 11 is 0. The Morgan fingerprint density at radius 3 is 2.34 bits per heavy atom. The fourth-order valence-electron chi connectivity index (χ4n) is 4.56. The van der Waals surface area contributed by atoms with Gasteiger partial charge in [0.2, 0.25) is 0 Å². The van der Waals surface area contributed by atoms with E-state index in [1.54, 1.807) is 6.07 Å². The minimum absolute atomic E-state index is 0.356. The zero-order valence-corrected chi connectivity index (χ0v) is 19.6. The smallest absolute Gasteiger partial charge is 0.417 e. The molecule has 0 amide bonds. The standard InChI is InChI=1S/C26H30F3N3O3/c27-26(28,29)24-17-22(4-3-21(24)18-30)32-10-7-25(33,8-11-32)9-14-35-23-5-1-20(2-6-23)19-31-12-15-34-16-13-31/h1-6,17,33H,7-16,19H2. The number of halogens is 3. The van der Waals surface area contributed by atoms with Gasteiger partial charge in [0.1, 0.15) is 5.75 Å². The highest BCUT2D eigenvalue weighted by atomic mass is 19.4. The average Bonchev–Trinajstić information content (AvgIpc) is 2.85. The van der Waals surface area contributed by atoms with E-state index in [-0.39, 0.29) is 5.56 Å². The number of benzene rings is 2. The maximum absolute atomic E-state index is 13.3. The summed E-state index contributed by atoms with van der Waals surface area (Å²) in [4.78, 5) is 4.17. The summed E-state index contributed by atoms with van der Waals surface area (Å²) < 4.78 is 51.1. The predicted octanol–water partition coefficient (Wildman–Crippen LogP) is 4.21. The van der Waals surface area contributed by atoms with Crippen LogP contribution in [0.4, 0.5) is 18.9 Å². The molecule has 0 atom stereocenters. The van der Waals surface area contributed by atoms with Crippen molar-refractivity contribution in [1.82, 2.24) is 4.90 Å². The van der Waals surface area contributed by atoms with Crippen molar-refractivity contribution in [2.24, 2.45) is 0 Å². The van der Waals surface area contributed by atoms with Gasteiger partial charge in [-0.05, 0) is 48.7 Å². The van der Waals surface area contributed by atoms with Crippen LogP contribution in [0.5, 0.6) is 5.75 Å². The van der Waals surface area contributed by atoms with Crippen molar-refractivity contribution in [2.75, 3.05) is 50.9 Å². The molecule has 2 aliphatic heterocycles. The first-order chi connectivity index (χ1) is 16.8. The van der Waals surface area contributed by atoms with Gasteiger partial charge in [0, 0.05) is 44.8 Å². The number of hydrogen-bond acceptors (Lipinski definition) is 6. The Labute approximate surface area is 203 Å². The number of rotatable bonds is 7. The van der Waals surface area contributed by atoms with Crippen LogP contribution in [0.1, 0.15) is 36.0 Å². The topological polar surface area (TPSA) is 69.0 Å². The normalized spacial score (nSPS) is 18.8. The summed E-state index contributed by atoms with van der Waals surface area (Å²) in [6.07, 6.45) is -3.29. The molecular weight excluding hydrogens is 459 g/mol. The summed E-state index contributed by atoms with van der Waals surface area (Å²) in [5.41, 5.74) is -0.621. The predicted molar refractivity (Wildman–Crippen MR) is 125 cm³/mol. The summed E-state index contributed by atoms with van der Waals surface area (Å²) in [5.74, 6) is 0.744. The van der Waals surface area contributed by atoms with E-state index in [0.717, 1.165) is 44.7 Å². The Kier molecular flexibility index (Phi) is 7.85. The van der Waals surface area contributed by atoms with Crippen LogP contribution >= 0.6 is 0 Å². The summed E-state index contributed by atoms with van der Waals surface area (Å²) in [6, 6.07) is 13.3. The van der Waals surface area contributed by atoms with Gasteiger partial charge in [0.05, 0.1) is 42.6 Å².